The molecule has 0 heterocycles. The third-order valence-corrected chi connectivity index (χ3v) is 5.86. The van der Waals surface area contributed by atoms with E-state index in [0.717, 1.165) is 24.1 Å². The van der Waals surface area contributed by atoms with Gasteiger partial charge in [0.1, 0.15) is 5.54 Å². The van der Waals surface area contributed by atoms with Crippen LogP contribution in [0, 0.1) is 6.92 Å². The lowest BCUT2D eigenvalue weighted by molar-refractivity contribution is -0.131. The van der Waals surface area contributed by atoms with Gasteiger partial charge < -0.3 is 10.2 Å². The van der Waals surface area contributed by atoms with Crippen molar-refractivity contribution in [2.45, 2.75) is 38.1 Å². The molecule has 0 aliphatic heterocycles. The van der Waals surface area contributed by atoms with Crippen LogP contribution in [0.1, 0.15) is 36.8 Å². The minimum atomic E-state index is -0.814. The van der Waals surface area contributed by atoms with E-state index < -0.39 is 5.54 Å². The third kappa shape index (κ3) is 3.49. The first kappa shape index (κ1) is 18.9. The lowest BCUT2D eigenvalue weighted by Crippen LogP contribution is -2.55. The van der Waals surface area contributed by atoms with Crippen LogP contribution < -0.4 is 5.32 Å². The second-order valence-electron chi connectivity index (χ2n) is 6.83. The zero-order chi connectivity index (χ0) is 18.7. The number of benzene rings is 2. The van der Waals surface area contributed by atoms with Crippen molar-refractivity contribution in [2.24, 2.45) is 0 Å². The molecular formula is C21H23ClN2OS. The molecule has 0 bridgehead atoms. The predicted molar refractivity (Wildman–Crippen MR) is 112 cm³/mol. The summed E-state index contributed by atoms with van der Waals surface area (Å²) in [6, 6.07) is 15.6. The van der Waals surface area contributed by atoms with E-state index in [-0.39, 0.29) is 5.78 Å². The highest BCUT2D eigenvalue weighted by molar-refractivity contribution is 7.80. The number of carbonyl (C=O) groups excluding carboxylic acids is 1. The van der Waals surface area contributed by atoms with Crippen molar-refractivity contribution in [1.29, 1.82) is 0 Å². The molecule has 3 nitrogen and oxygen atoms in total. The maximum absolute atomic E-state index is 13.1. The van der Waals surface area contributed by atoms with Crippen LogP contribution in [0.15, 0.2) is 48.5 Å². The summed E-state index contributed by atoms with van der Waals surface area (Å²) in [7, 11) is 1.88. The number of nitrogens with one attached hydrogen (secondary N) is 1. The molecule has 26 heavy (non-hydrogen) atoms. The second kappa shape index (κ2) is 7.77. The molecular weight excluding hydrogens is 364 g/mol. The average Bonchev–Trinajstić information content (AvgIpc) is 2.64. The molecule has 1 unspecified atom stereocenters. The van der Waals surface area contributed by atoms with E-state index in [9.17, 15) is 4.79 Å². The van der Waals surface area contributed by atoms with Gasteiger partial charge >= 0.3 is 0 Å². The molecule has 1 saturated carbocycles. The van der Waals surface area contributed by atoms with Crippen molar-refractivity contribution >= 4 is 40.4 Å². The Morgan fingerprint density at radius 1 is 1.15 bits per heavy atom. The predicted octanol–water partition coefficient (Wildman–Crippen LogP) is 5.32. The summed E-state index contributed by atoms with van der Waals surface area (Å²) in [5.74, 6) is 0.174. The number of aryl methyl sites for hydroxylation is 1. The average molecular weight is 387 g/mol. The van der Waals surface area contributed by atoms with Gasteiger partial charge in [0, 0.05) is 29.7 Å². The van der Waals surface area contributed by atoms with E-state index >= 15 is 0 Å². The minimum absolute atomic E-state index is 0.174. The highest BCUT2D eigenvalue weighted by atomic mass is 35.5. The number of hydrogen-bond acceptors (Lipinski definition) is 2. The fraction of sp³-hybridized carbons (Fsp3) is 0.333. The van der Waals surface area contributed by atoms with E-state index in [1.807, 2.05) is 67.4 Å². The van der Waals surface area contributed by atoms with Crippen molar-refractivity contribution in [3.63, 3.8) is 0 Å². The Morgan fingerprint density at radius 3 is 2.50 bits per heavy atom. The van der Waals surface area contributed by atoms with Gasteiger partial charge in [0.25, 0.3) is 0 Å². The molecule has 3 rings (SSSR count). The maximum Gasteiger partial charge on any atom is 0.174 e. The Bertz CT molecular complexity index is 821. The minimum Gasteiger partial charge on any atom is -0.335 e. The highest BCUT2D eigenvalue weighted by Crippen LogP contribution is 2.42. The molecule has 1 fully saturated rings. The third-order valence-electron chi connectivity index (χ3n) is 5.15. The lowest BCUT2D eigenvalue weighted by Gasteiger charge is -2.45. The summed E-state index contributed by atoms with van der Waals surface area (Å²) in [5.41, 5.74) is 2.11. The molecule has 0 radical (unpaired) electrons. The van der Waals surface area contributed by atoms with Gasteiger partial charge in [-0.05, 0) is 56.6 Å². The Balaban J connectivity index is 1.96. The first-order valence-electron chi connectivity index (χ1n) is 8.85. The van der Waals surface area contributed by atoms with Gasteiger partial charge in [0.15, 0.2) is 10.9 Å². The Kier molecular flexibility index (Phi) is 5.64. The van der Waals surface area contributed by atoms with E-state index in [2.05, 4.69) is 5.32 Å². The van der Waals surface area contributed by atoms with Crippen LogP contribution in [0.4, 0.5) is 5.69 Å². The van der Waals surface area contributed by atoms with Crippen LogP contribution in [-0.4, -0.2) is 22.8 Å². The van der Waals surface area contributed by atoms with Crippen molar-refractivity contribution in [1.82, 2.24) is 4.90 Å². The molecule has 0 aromatic heterocycles. The summed E-state index contributed by atoms with van der Waals surface area (Å²) < 4.78 is 0. The zero-order valence-electron chi connectivity index (χ0n) is 15.1. The van der Waals surface area contributed by atoms with E-state index in [4.69, 9.17) is 23.8 Å². The number of hydrogen-bond donors (Lipinski definition) is 1. The summed E-state index contributed by atoms with van der Waals surface area (Å²) in [4.78, 5) is 15.0. The van der Waals surface area contributed by atoms with Crippen LogP contribution in [0.5, 0.6) is 0 Å². The molecule has 2 aromatic carbocycles. The summed E-state index contributed by atoms with van der Waals surface area (Å²) in [6.07, 6.45) is 3.13. The van der Waals surface area contributed by atoms with Crippen LogP contribution in [0.2, 0.25) is 5.02 Å². The summed E-state index contributed by atoms with van der Waals surface area (Å²) in [6.45, 7) is 2.04. The zero-order valence-corrected chi connectivity index (χ0v) is 16.7. The fourth-order valence-corrected chi connectivity index (χ4v) is 4.21. The van der Waals surface area contributed by atoms with Gasteiger partial charge in [-0.15, -0.1) is 0 Å². The quantitative estimate of drug-likeness (QED) is 0.724. The Morgan fingerprint density at radius 2 is 1.85 bits per heavy atom. The standard InChI is InChI=1S/C21H23ClN2OS/c1-15-10-12-16(13-11-15)23-20(26)24(2)21(14-6-5-9-19(21)25)17-7-3-4-8-18(17)22/h3-4,7-8,10-13H,5-6,9,14H2,1-2H3,(H,23,26). The van der Waals surface area contributed by atoms with Crippen molar-refractivity contribution in [2.75, 3.05) is 12.4 Å². The van der Waals surface area contributed by atoms with Crippen molar-refractivity contribution in [3.8, 4) is 0 Å². The van der Waals surface area contributed by atoms with E-state index in [0.29, 0.717) is 23.0 Å². The molecule has 136 valence electrons. The van der Waals surface area contributed by atoms with Crippen LogP contribution in [0.25, 0.3) is 0 Å². The number of nitrogens with zero attached hydrogens (tertiary/aromatic N) is 1. The second-order valence-corrected chi connectivity index (χ2v) is 7.62. The van der Waals surface area contributed by atoms with Crippen molar-refractivity contribution < 1.29 is 4.79 Å². The molecule has 1 aliphatic rings. The normalized spacial score (nSPS) is 19.9. The van der Waals surface area contributed by atoms with Crippen LogP contribution in [0.3, 0.4) is 0 Å². The van der Waals surface area contributed by atoms with Gasteiger partial charge in [-0.3, -0.25) is 4.79 Å². The molecule has 0 saturated heterocycles. The maximum atomic E-state index is 13.1. The number of Topliss-reactive ketones (excluding diaryl/α,β-unsaturated/α-hetero) is 1. The first-order chi connectivity index (χ1) is 12.4. The molecule has 1 N–H and O–H groups in total. The lowest BCUT2D eigenvalue weighted by atomic mass is 9.74. The first-order valence-corrected chi connectivity index (χ1v) is 9.63. The van der Waals surface area contributed by atoms with Gasteiger partial charge in [0.2, 0.25) is 0 Å². The number of likely N-dealkylation sites (N-methyl/N-ethyl adjacent to an activating group) is 1. The van der Waals surface area contributed by atoms with Gasteiger partial charge in [-0.25, -0.2) is 0 Å². The van der Waals surface area contributed by atoms with Crippen LogP contribution >= 0.6 is 23.8 Å². The Hall–Kier alpha value is -1.91. The number of rotatable bonds is 3. The highest BCUT2D eigenvalue weighted by Gasteiger charge is 2.47. The molecule has 1 atom stereocenters. The molecule has 0 spiro atoms. The molecule has 2 aromatic rings. The Labute approximate surface area is 165 Å². The summed E-state index contributed by atoms with van der Waals surface area (Å²) >= 11 is 12.2. The fourth-order valence-electron chi connectivity index (χ4n) is 3.65. The summed E-state index contributed by atoms with van der Waals surface area (Å²) in [5, 5.41) is 4.38. The smallest absolute Gasteiger partial charge is 0.174 e. The topological polar surface area (TPSA) is 32.3 Å². The number of carbonyl (C=O) groups is 1. The number of halogens is 1. The molecule has 0 amide bonds. The number of anilines is 1. The largest absolute Gasteiger partial charge is 0.335 e. The SMILES string of the molecule is Cc1ccc(NC(=S)N(C)C2(c3ccccc3Cl)CCCCC2=O)cc1. The monoisotopic (exact) mass is 386 g/mol. The van der Waals surface area contributed by atoms with E-state index in [1.54, 1.807) is 0 Å². The van der Waals surface area contributed by atoms with Crippen molar-refractivity contribution in [3.05, 3.63) is 64.7 Å². The van der Waals surface area contributed by atoms with Gasteiger partial charge in [-0.1, -0.05) is 47.5 Å². The molecule has 1 aliphatic carbocycles. The van der Waals surface area contributed by atoms with E-state index in [1.165, 1.54) is 5.56 Å². The van der Waals surface area contributed by atoms with Crippen LogP contribution in [-0.2, 0) is 10.3 Å². The number of thiocarbonyl (C=S) groups is 1. The number of ketones is 1. The van der Waals surface area contributed by atoms with Gasteiger partial charge in [0.05, 0.1) is 0 Å². The molecule has 5 heteroatoms. The van der Waals surface area contributed by atoms with Gasteiger partial charge in [-0.2, -0.15) is 0 Å².